The maximum atomic E-state index is 11.0. The van der Waals surface area contributed by atoms with Gasteiger partial charge in [-0.05, 0) is 5.56 Å². The molecule has 0 unspecified atom stereocenters. The number of rotatable bonds is 3. The van der Waals surface area contributed by atoms with Crippen molar-refractivity contribution in [3.05, 3.63) is 53.6 Å². The molecular weight excluding hydrogens is 172 g/mol. The van der Waals surface area contributed by atoms with Crippen LogP contribution in [0, 0.1) is 5.75 Å². The Balaban J connectivity index is 2.85. The fourth-order valence-electron chi connectivity index (χ4n) is 0.769. The van der Waals surface area contributed by atoms with E-state index in [0.717, 1.165) is 5.41 Å². The second-order valence-corrected chi connectivity index (χ2v) is 4.03. The first-order valence-corrected chi connectivity index (χ1v) is 5.02. The summed E-state index contributed by atoms with van der Waals surface area (Å²) in [5.41, 5.74) is 0.664. The van der Waals surface area contributed by atoms with E-state index in [1.54, 1.807) is 24.3 Å². The van der Waals surface area contributed by atoms with Crippen LogP contribution in [0.2, 0.25) is 0 Å². The molecule has 0 heterocycles. The lowest BCUT2D eigenvalue weighted by Crippen LogP contribution is -1.95. The van der Waals surface area contributed by atoms with E-state index in [1.807, 2.05) is 6.07 Å². The van der Waals surface area contributed by atoms with E-state index in [0.29, 0.717) is 5.56 Å². The fraction of sp³-hybridized carbons (Fsp3) is 0. The van der Waals surface area contributed by atoms with E-state index in [9.17, 15) is 8.42 Å². The number of hydrogen-bond acceptors (Lipinski definition) is 2. The van der Waals surface area contributed by atoms with E-state index in [2.05, 4.69) is 6.58 Å². The van der Waals surface area contributed by atoms with Gasteiger partial charge in [-0.1, -0.05) is 36.9 Å². The van der Waals surface area contributed by atoms with Gasteiger partial charge in [0.05, 0.1) is 0 Å². The molecule has 0 aliphatic heterocycles. The lowest BCUT2D eigenvalue weighted by atomic mass is 10.2. The van der Waals surface area contributed by atoms with Crippen LogP contribution in [-0.4, -0.2) is 8.42 Å². The summed E-state index contributed by atoms with van der Waals surface area (Å²) in [5, 5.41) is 0.931. The Morgan fingerprint density at radius 2 is 1.75 bits per heavy atom. The molecule has 0 fully saturated rings. The second kappa shape index (κ2) is 3.54. The Labute approximate surface area is 72.5 Å². The molecule has 0 amide bonds. The van der Waals surface area contributed by atoms with Crippen molar-refractivity contribution in [2.24, 2.45) is 0 Å². The molecule has 2 nitrogen and oxygen atoms in total. The summed E-state index contributed by atoms with van der Waals surface area (Å²) in [7, 11) is -3.23. The van der Waals surface area contributed by atoms with Crippen LogP contribution in [0.5, 0.6) is 0 Å². The molecule has 0 aliphatic rings. The summed E-state index contributed by atoms with van der Waals surface area (Å²) in [6, 6.07) is 8.84. The zero-order chi connectivity index (χ0) is 9.03. The van der Waals surface area contributed by atoms with Crippen LogP contribution in [0.1, 0.15) is 5.56 Å². The summed E-state index contributed by atoms with van der Waals surface area (Å²) >= 11 is 0. The third-order valence-electron chi connectivity index (χ3n) is 1.33. The van der Waals surface area contributed by atoms with Gasteiger partial charge in [-0.3, -0.25) is 0 Å². The minimum atomic E-state index is -3.23. The molecular formula is C9H9O2S. The smallest absolute Gasteiger partial charge is 0.179 e. The lowest BCUT2D eigenvalue weighted by Gasteiger charge is -1.96. The maximum Gasteiger partial charge on any atom is 0.179 e. The van der Waals surface area contributed by atoms with Crippen molar-refractivity contribution in [1.29, 1.82) is 0 Å². The highest BCUT2D eigenvalue weighted by molar-refractivity contribution is 7.96. The summed E-state index contributed by atoms with van der Waals surface area (Å²) in [6.45, 7) is 3.21. The first-order chi connectivity index (χ1) is 5.64. The average Bonchev–Trinajstić information content (AvgIpc) is 2.06. The van der Waals surface area contributed by atoms with Gasteiger partial charge in [0.25, 0.3) is 0 Å². The highest BCUT2D eigenvalue weighted by Gasteiger charge is 2.05. The van der Waals surface area contributed by atoms with Crippen molar-refractivity contribution in [2.75, 3.05) is 0 Å². The van der Waals surface area contributed by atoms with Crippen LogP contribution in [-0.2, 0) is 9.84 Å². The summed E-state index contributed by atoms with van der Waals surface area (Å²) in [4.78, 5) is 0. The Kier molecular flexibility index (Phi) is 2.65. The molecule has 0 saturated carbocycles. The molecule has 1 aromatic carbocycles. The zero-order valence-electron chi connectivity index (χ0n) is 6.47. The molecule has 63 valence electrons. The van der Waals surface area contributed by atoms with E-state index >= 15 is 0 Å². The van der Waals surface area contributed by atoms with Crippen molar-refractivity contribution in [3.8, 4) is 0 Å². The molecule has 0 N–H and O–H groups in total. The monoisotopic (exact) mass is 181 g/mol. The fourth-order valence-corrected chi connectivity index (χ4v) is 1.40. The lowest BCUT2D eigenvalue weighted by molar-refractivity contribution is 0.610. The molecule has 0 atom stereocenters. The molecule has 1 radical (unpaired) electrons. The molecule has 0 spiro atoms. The predicted octanol–water partition coefficient (Wildman–Crippen LogP) is 1.75. The van der Waals surface area contributed by atoms with Crippen LogP contribution < -0.4 is 0 Å². The topological polar surface area (TPSA) is 34.1 Å². The van der Waals surface area contributed by atoms with Gasteiger partial charge in [0, 0.05) is 5.41 Å². The molecule has 0 bridgehead atoms. The second-order valence-electron chi connectivity index (χ2n) is 2.28. The van der Waals surface area contributed by atoms with Gasteiger partial charge in [-0.2, -0.15) is 0 Å². The molecule has 1 aromatic rings. The van der Waals surface area contributed by atoms with E-state index in [-0.39, 0.29) is 0 Å². The molecule has 12 heavy (non-hydrogen) atoms. The van der Waals surface area contributed by atoms with Crippen molar-refractivity contribution < 1.29 is 8.42 Å². The summed E-state index contributed by atoms with van der Waals surface area (Å²) < 4.78 is 22.0. The minimum absolute atomic E-state index is 0.664. The van der Waals surface area contributed by atoms with Gasteiger partial charge in [0.2, 0.25) is 0 Å². The summed E-state index contributed by atoms with van der Waals surface area (Å²) in [6.07, 6.45) is 0. The van der Waals surface area contributed by atoms with Gasteiger partial charge in [0.1, 0.15) is 5.75 Å². The van der Waals surface area contributed by atoms with E-state index in [4.69, 9.17) is 0 Å². The highest BCUT2D eigenvalue weighted by Crippen LogP contribution is 2.08. The predicted molar refractivity (Wildman–Crippen MR) is 49.0 cm³/mol. The molecule has 1 rings (SSSR count). The Morgan fingerprint density at radius 3 is 2.25 bits per heavy atom. The first kappa shape index (κ1) is 9.00. The highest BCUT2D eigenvalue weighted by atomic mass is 32.2. The Morgan fingerprint density at radius 1 is 1.17 bits per heavy atom. The van der Waals surface area contributed by atoms with Crippen LogP contribution in [0.3, 0.4) is 0 Å². The Hall–Kier alpha value is -1.09. The van der Waals surface area contributed by atoms with Crippen molar-refractivity contribution >= 4 is 9.84 Å². The third kappa shape index (κ3) is 2.51. The zero-order valence-corrected chi connectivity index (χ0v) is 7.29. The Bertz CT molecular complexity index is 351. The SMILES string of the molecule is C=CS(=O)(=O)[CH]c1ccccc1. The minimum Gasteiger partial charge on any atom is -0.224 e. The van der Waals surface area contributed by atoms with Gasteiger partial charge in [-0.15, -0.1) is 0 Å². The molecule has 0 saturated heterocycles. The first-order valence-electron chi connectivity index (χ1n) is 3.41. The molecule has 0 aliphatic carbocycles. The number of hydrogen-bond donors (Lipinski definition) is 0. The van der Waals surface area contributed by atoms with Gasteiger partial charge < -0.3 is 0 Å². The summed E-state index contributed by atoms with van der Waals surface area (Å²) in [5.74, 6) is 1.18. The quantitative estimate of drug-likeness (QED) is 0.712. The molecule has 0 aromatic heterocycles. The van der Waals surface area contributed by atoms with Crippen molar-refractivity contribution in [3.63, 3.8) is 0 Å². The van der Waals surface area contributed by atoms with Crippen LogP contribution >= 0.6 is 0 Å². The maximum absolute atomic E-state index is 11.0. The van der Waals surface area contributed by atoms with Crippen molar-refractivity contribution in [2.45, 2.75) is 0 Å². The van der Waals surface area contributed by atoms with E-state index in [1.165, 1.54) is 5.75 Å². The number of sulfone groups is 1. The average molecular weight is 181 g/mol. The van der Waals surface area contributed by atoms with Gasteiger partial charge >= 0.3 is 0 Å². The van der Waals surface area contributed by atoms with Gasteiger partial charge in [-0.25, -0.2) is 8.42 Å². The van der Waals surface area contributed by atoms with Crippen LogP contribution in [0.15, 0.2) is 42.3 Å². The van der Waals surface area contributed by atoms with Crippen LogP contribution in [0.4, 0.5) is 0 Å². The van der Waals surface area contributed by atoms with Crippen molar-refractivity contribution in [1.82, 2.24) is 0 Å². The number of benzene rings is 1. The third-order valence-corrected chi connectivity index (χ3v) is 2.40. The van der Waals surface area contributed by atoms with E-state index < -0.39 is 9.84 Å². The largest absolute Gasteiger partial charge is 0.224 e. The standard InChI is InChI=1S/C9H9O2S/c1-2-12(10,11)8-9-6-4-3-5-7-9/h2-8H,1H2. The van der Waals surface area contributed by atoms with Crippen LogP contribution in [0.25, 0.3) is 0 Å². The normalized spacial score (nSPS) is 11.0. The molecule has 3 heteroatoms. The van der Waals surface area contributed by atoms with Gasteiger partial charge in [0.15, 0.2) is 9.84 Å².